The van der Waals surface area contributed by atoms with Gasteiger partial charge in [0.25, 0.3) is 0 Å². The fourth-order valence-corrected chi connectivity index (χ4v) is 2.49. The van der Waals surface area contributed by atoms with Crippen LogP contribution < -0.4 is 10.5 Å². The first-order valence-corrected chi connectivity index (χ1v) is 6.96. The second-order valence-corrected chi connectivity index (χ2v) is 5.15. The number of aromatic nitrogens is 2. The first-order valence-electron chi connectivity index (χ1n) is 6.16. The van der Waals surface area contributed by atoms with Crippen molar-refractivity contribution in [3.05, 3.63) is 59.0 Å². The van der Waals surface area contributed by atoms with Gasteiger partial charge in [-0.05, 0) is 32.8 Å². The molecule has 0 radical (unpaired) electrons. The van der Waals surface area contributed by atoms with Crippen LogP contribution in [-0.4, -0.2) is 15.8 Å². The number of benzene rings is 2. The second-order valence-electron chi connectivity index (χ2n) is 4.35. The molecule has 0 aliphatic rings. The fraction of sp³-hybridized carbons (Fsp3) is 0. The summed E-state index contributed by atoms with van der Waals surface area (Å²) < 4.78 is 6.58. The number of nitrogens with two attached hydrogens (primary N) is 1. The average molecular weight is 343 g/mol. The molecule has 0 spiro atoms. The van der Waals surface area contributed by atoms with E-state index in [4.69, 9.17) is 15.9 Å². The van der Waals surface area contributed by atoms with Crippen molar-refractivity contribution in [2.75, 3.05) is 0 Å². The zero-order chi connectivity index (χ0) is 14.8. The summed E-state index contributed by atoms with van der Waals surface area (Å²) in [4.78, 5) is 8.10. The summed E-state index contributed by atoms with van der Waals surface area (Å²) in [5.41, 5.74) is 5.65. The highest BCUT2D eigenvalue weighted by Crippen LogP contribution is 2.35. The maximum absolute atomic E-state index is 7.28. The quantitative estimate of drug-likeness (QED) is 0.563. The van der Waals surface area contributed by atoms with Crippen LogP contribution in [0.25, 0.3) is 10.8 Å². The Balaban J connectivity index is 1.94. The van der Waals surface area contributed by atoms with E-state index in [0.29, 0.717) is 17.3 Å². The van der Waals surface area contributed by atoms with E-state index in [9.17, 15) is 0 Å². The number of halogens is 1. The lowest BCUT2D eigenvalue weighted by Crippen LogP contribution is -2.13. The number of fused-ring (bicyclic) bond motifs is 1. The average Bonchev–Trinajstić information content (AvgIpc) is 2.51. The van der Waals surface area contributed by atoms with Crippen molar-refractivity contribution in [3.63, 3.8) is 0 Å². The number of nitrogen functional groups attached to an aromatic ring is 1. The van der Waals surface area contributed by atoms with Gasteiger partial charge in [-0.25, -0.2) is 9.97 Å². The highest BCUT2D eigenvalue weighted by molar-refractivity contribution is 9.10. The molecule has 3 rings (SSSR count). The summed E-state index contributed by atoms with van der Waals surface area (Å²) in [5.74, 6) is 0.871. The number of nitrogens with one attached hydrogen (secondary N) is 1. The summed E-state index contributed by atoms with van der Waals surface area (Å²) in [6.45, 7) is 0. The minimum absolute atomic E-state index is 0.124. The number of hydrogen-bond donors (Lipinski definition) is 2. The topological polar surface area (TPSA) is 84.9 Å². The smallest absolute Gasteiger partial charge is 0.237 e. The third kappa shape index (κ3) is 2.71. The molecule has 1 heterocycles. The van der Waals surface area contributed by atoms with Gasteiger partial charge < -0.3 is 10.5 Å². The molecule has 2 aromatic carbocycles. The Bertz CT molecular complexity index is 818. The van der Waals surface area contributed by atoms with Gasteiger partial charge in [0.1, 0.15) is 17.3 Å². The summed E-state index contributed by atoms with van der Waals surface area (Å²) in [5, 5.41) is 9.46. The predicted molar refractivity (Wildman–Crippen MR) is 84.8 cm³/mol. The largest absolute Gasteiger partial charge is 0.436 e. The van der Waals surface area contributed by atoms with Crippen LogP contribution in [0, 0.1) is 5.41 Å². The summed E-state index contributed by atoms with van der Waals surface area (Å²) in [7, 11) is 0. The molecule has 3 N–H and O–H groups in total. The lowest BCUT2D eigenvalue weighted by molar-refractivity contribution is 0.458. The van der Waals surface area contributed by atoms with E-state index in [2.05, 4.69) is 25.9 Å². The standard InChI is InChI=1S/C15H11BrN4O/c16-14-10-4-2-1-3-9(10)5-6-12(14)21-13-8-19-11(7-20-13)15(17)18/h1-8H,(H3,17,18). The Hall–Kier alpha value is -2.47. The van der Waals surface area contributed by atoms with Gasteiger partial charge in [-0.1, -0.05) is 30.3 Å². The fourth-order valence-electron chi connectivity index (χ4n) is 1.91. The predicted octanol–water partition coefficient (Wildman–Crippen LogP) is 3.47. The van der Waals surface area contributed by atoms with Crippen LogP contribution in [0.2, 0.25) is 0 Å². The van der Waals surface area contributed by atoms with Crippen molar-refractivity contribution in [1.29, 1.82) is 5.41 Å². The molecule has 0 aliphatic carbocycles. The van der Waals surface area contributed by atoms with Gasteiger partial charge in [-0.15, -0.1) is 0 Å². The van der Waals surface area contributed by atoms with Gasteiger partial charge in [-0.3, -0.25) is 5.41 Å². The Kier molecular flexibility index (Phi) is 3.53. The van der Waals surface area contributed by atoms with Crippen LogP contribution in [0.15, 0.2) is 53.3 Å². The van der Waals surface area contributed by atoms with Crippen molar-refractivity contribution < 1.29 is 4.74 Å². The van der Waals surface area contributed by atoms with Gasteiger partial charge in [0.05, 0.1) is 16.9 Å². The van der Waals surface area contributed by atoms with Crippen LogP contribution in [0.5, 0.6) is 11.6 Å². The number of hydrogen-bond acceptors (Lipinski definition) is 4. The van der Waals surface area contributed by atoms with E-state index in [-0.39, 0.29) is 5.84 Å². The van der Waals surface area contributed by atoms with E-state index >= 15 is 0 Å². The first kappa shape index (κ1) is 13.5. The molecule has 3 aromatic rings. The third-order valence-corrected chi connectivity index (χ3v) is 3.76. The maximum atomic E-state index is 7.28. The van der Waals surface area contributed by atoms with Crippen LogP contribution >= 0.6 is 15.9 Å². The second kappa shape index (κ2) is 5.49. The molecule has 0 saturated heterocycles. The van der Waals surface area contributed by atoms with Gasteiger partial charge in [0.2, 0.25) is 5.88 Å². The Morgan fingerprint density at radius 2 is 1.90 bits per heavy atom. The zero-order valence-corrected chi connectivity index (χ0v) is 12.5. The molecule has 5 nitrogen and oxygen atoms in total. The van der Waals surface area contributed by atoms with Crippen LogP contribution in [0.4, 0.5) is 0 Å². The highest BCUT2D eigenvalue weighted by Gasteiger charge is 2.08. The van der Waals surface area contributed by atoms with Gasteiger partial charge in [-0.2, -0.15) is 0 Å². The van der Waals surface area contributed by atoms with Gasteiger partial charge in [0, 0.05) is 0 Å². The van der Waals surface area contributed by atoms with E-state index in [1.807, 2.05) is 36.4 Å². The van der Waals surface area contributed by atoms with Gasteiger partial charge in [0.15, 0.2) is 0 Å². The SMILES string of the molecule is N=C(N)c1cnc(Oc2ccc3ccccc3c2Br)cn1. The van der Waals surface area contributed by atoms with Crippen LogP contribution in [-0.2, 0) is 0 Å². The van der Waals surface area contributed by atoms with Crippen molar-refractivity contribution >= 4 is 32.5 Å². The molecule has 6 heteroatoms. The number of nitrogens with zero attached hydrogens (tertiary/aromatic N) is 2. The molecule has 0 bridgehead atoms. The molecule has 0 saturated carbocycles. The first-order chi connectivity index (χ1) is 10.1. The molecule has 0 unspecified atom stereocenters. The number of rotatable bonds is 3. The zero-order valence-electron chi connectivity index (χ0n) is 10.9. The Labute approximate surface area is 129 Å². The Morgan fingerprint density at radius 1 is 1.10 bits per heavy atom. The monoisotopic (exact) mass is 342 g/mol. The van der Waals surface area contributed by atoms with Crippen LogP contribution in [0.3, 0.4) is 0 Å². The van der Waals surface area contributed by atoms with Crippen molar-refractivity contribution in [2.24, 2.45) is 5.73 Å². The lowest BCUT2D eigenvalue weighted by Gasteiger charge is -2.09. The van der Waals surface area contributed by atoms with Crippen molar-refractivity contribution in [2.45, 2.75) is 0 Å². The van der Waals surface area contributed by atoms with E-state index in [1.54, 1.807) is 0 Å². The molecule has 21 heavy (non-hydrogen) atoms. The summed E-state index contributed by atoms with van der Waals surface area (Å²) in [6, 6.07) is 11.8. The van der Waals surface area contributed by atoms with E-state index in [0.717, 1.165) is 15.2 Å². The highest BCUT2D eigenvalue weighted by atomic mass is 79.9. The number of ether oxygens (including phenoxy) is 1. The van der Waals surface area contributed by atoms with E-state index in [1.165, 1.54) is 12.4 Å². The van der Waals surface area contributed by atoms with E-state index < -0.39 is 0 Å². The van der Waals surface area contributed by atoms with Gasteiger partial charge >= 0.3 is 0 Å². The third-order valence-electron chi connectivity index (χ3n) is 2.95. The molecule has 1 aromatic heterocycles. The normalized spacial score (nSPS) is 10.5. The molecular formula is C15H11BrN4O. The minimum atomic E-state index is -0.124. The van der Waals surface area contributed by atoms with Crippen molar-refractivity contribution in [1.82, 2.24) is 9.97 Å². The Morgan fingerprint density at radius 3 is 2.62 bits per heavy atom. The number of amidine groups is 1. The van der Waals surface area contributed by atoms with Crippen molar-refractivity contribution in [3.8, 4) is 11.6 Å². The summed E-state index contributed by atoms with van der Waals surface area (Å²) in [6.07, 6.45) is 2.85. The molecule has 0 fully saturated rings. The molecular weight excluding hydrogens is 332 g/mol. The minimum Gasteiger partial charge on any atom is -0.436 e. The maximum Gasteiger partial charge on any atom is 0.237 e. The summed E-state index contributed by atoms with van der Waals surface area (Å²) >= 11 is 3.55. The van der Waals surface area contributed by atoms with Crippen LogP contribution in [0.1, 0.15) is 5.69 Å². The lowest BCUT2D eigenvalue weighted by atomic mass is 10.1. The molecule has 0 aliphatic heterocycles. The molecule has 0 atom stereocenters. The molecule has 104 valence electrons. The molecule has 0 amide bonds.